The van der Waals surface area contributed by atoms with Gasteiger partial charge < -0.3 is 81.6 Å². The van der Waals surface area contributed by atoms with Gasteiger partial charge in [0.1, 0.15) is 36.3 Å². The topological polar surface area (TPSA) is 476 Å². The number of carbonyl (C=O) groups is 7. The molecule has 71 heavy (non-hydrogen) atoms. The first-order valence-corrected chi connectivity index (χ1v) is 22.5. The smallest absolute Gasteiger partial charge is 0.326 e. The van der Waals surface area contributed by atoms with Crippen molar-refractivity contribution in [2.24, 2.45) is 38.7 Å². The fraction of sp³-hybridized carbons (Fsp3) is 0.523. The summed E-state index contributed by atoms with van der Waals surface area (Å²) < 4.78 is 0. The maximum atomic E-state index is 14.2. The van der Waals surface area contributed by atoms with E-state index in [2.05, 4.69) is 41.9 Å². The fourth-order valence-corrected chi connectivity index (χ4v) is 6.76. The van der Waals surface area contributed by atoms with E-state index in [-0.39, 0.29) is 94.3 Å². The summed E-state index contributed by atoms with van der Waals surface area (Å²) in [6.45, 7) is 1.09. The van der Waals surface area contributed by atoms with E-state index in [1.54, 1.807) is 12.1 Å². The third kappa shape index (κ3) is 22.0. The van der Waals surface area contributed by atoms with Crippen LogP contribution in [0.25, 0.3) is 0 Å². The molecule has 0 bridgehead atoms. The number of nitrogen functional groups attached to an aromatic ring is 1. The van der Waals surface area contributed by atoms with Gasteiger partial charge >= 0.3 is 11.7 Å². The number of benzene rings is 2. The molecule has 27 nitrogen and oxygen atoms in total. The normalized spacial score (nSPS) is 13.2. The number of nitro groups is 1. The highest BCUT2D eigenvalue weighted by molar-refractivity contribution is 6.02. The van der Waals surface area contributed by atoms with Gasteiger partial charge in [-0.1, -0.05) is 45.4 Å². The number of aliphatic imine (C=N–C) groups is 2. The summed E-state index contributed by atoms with van der Waals surface area (Å²) >= 11 is 0. The molecular formula is C44H71N15O12. The number of hydrogen-bond acceptors (Lipinski definition) is 15. The van der Waals surface area contributed by atoms with E-state index in [1.165, 1.54) is 18.2 Å². The number of nitro benzene ring substituents is 1. The minimum Gasteiger partial charge on any atom is -0.502 e. The number of guanidine groups is 2. The second-order valence-electron chi connectivity index (χ2n) is 16.0. The quantitative estimate of drug-likeness (QED) is 0.00922. The number of phenols is 1. The first-order chi connectivity index (χ1) is 33.2. The van der Waals surface area contributed by atoms with Crippen molar-refractivity contribution >= 4 is 64.7 Å². The van der Waals surface area contributed by atoms with Gasteiger partial charge in [0.25, 0.3) is 5.91 Å². The van der Waals surface area contributed by atoms with E-state index in [0.29, 0.717) is 25.7 Å². The van der Waals surface area contributed by atoms with Crippen molar-refractivity contribution in [3.05, 3.63) is 63.7 Å². The van der Waals surface area contributed by atoms with Gasteiger partial charge in [0.2, 0.25) is 29.5 Å². The number of hydrogen-bond donors (Lipinski definition) is 15. The molecule has 0 aromatic heterocycles. The van der Waals surface area contributed by atoms with Crippen LogP contribution in [0, 0.1) is 10.1 Å². The van der Waals surface area contributed by atoms with Gasteiger partial charge in [0.05, 0.1) is 17.1 Å². The summed E-state index contributed by atoms with van der Waals surface area (Å²) in [6, 6.07) is 0.601. The molecule has 2 aromatic carbocycles. The van der Waals surface area contributed by atoms with Gasteiger partial charge in [0, 0.05) is 31.3 Å². The monoisotopic (exact) mass is 1000 g/mol. The van der Waals surface area contributed by atoms with Gasteiger partial charge in [-0.15, -0.1) is 0 Å². The molecular weight excluding hydrogens is 931 g/mol. The third-order valence-corrected chi connectivity index (χ3v) is 10.5. The zero-order chi connectivity index (χ0) is 52.3. The Kier molecular flexibility index (Phi) is 27.7. The number of carboxylic acids is 1. The number of nitrogens with two attached hydrogens (primary N) is 6. The Morgan fingerprint density at radius 1 is 0.662 bits per heavy atom. The number of anilines is 1. The summed E-state index contributed by atoms with van der Waals surface area (Å²) in [4.78, 5) is 113. The van der Waals surface area contributed by atoms with Crippen molar-refractivity contribution in [1.82, 2.24) is 31.9 Å². The molecule has 6 amide bonds. The number of carbonyl (C=O) groups excluding carboxylic acids is 6. The standard InChI is InChI=1S/C43H67N15O12.CH4/c1-2-3-12-27(52-35(61)25-10-4-5-11-26(25)45)36(62)53-28(13-6-7-18-44)37(63)54-29(14-8-19-50-42(46)47)38(64)55-30(15-9-20-51-43(48)49)39(65)57-32(23-59)40(66)56-31(41(67)68)21-24-16-17-34(60)33(22-24)58(69)70;/h4-5,10-11,16-17,22,27-32,59-60H,2-3,6-9,12-15,18-21,23,44-45H2,1H3,(H,52,61)(H,53,62)(H,54,63)(H,55,64)(H,56,66)(H,57,65)(H,67,68)(H4,46,47,50)(H4,48,49,51);1H4. The second kappa shape index (κ2) is 32.1. The number of nitrogens with zero attached hydrogens (tertiary/aromatic N) is 3. The molecule has 27 heteroatoms. The highest BCUT2D eigenvalue weighted by Gasteiger charge is 2.33. The Hall–Kier alpha value is -7.81. The summed E-state index contributed by atoms with van der Waals surface area (Å²) in [7, 11) is 0. The fourth-order valence-electron chi connectivity index (χ4n) is 6.76. The summed E-state index contributed by atoms with van der Waals surface area (Å²) in [5.41, 5.74) is 33.3. The van der Waals surface area contributed by atoms with E-state index in [9.17, 15) is 59.0 Å². The number of para-hydroxylation sites is 1. The number of aliphatic hydroxyl groups excluding tert-OH is 1. The van der Waals surface area contributed by atoms with Crippen molar-refractivity contribution in [3.8, 4) is 5.75 Å². The lowest BCUT2D eigenvalue weighted by atomic mass is 10.0. The zero-order valence-electron chi connectivity index (χ0n) is 38.9. The molecule has 0 aliphatic rings. The molecule has 0 saturated carbocycles. The highest BCUT2D eigenvalue weighted by Crippen LogP contribution is 2.27. The minimum atomic E-state index is -1.80. The number of carboxylic acid groups (broad SMARTS) is 1. The average Bonchev–Trinajstić information content (AvgIpc) is 3.30. The second-order valence-corrected chi connectivity index (χ2v) is 16.0. The number of unbranched alkanes of at least 4 members (excludes halogenated alkanes) is 2. The molecule has 6 unspecified atom stereocenters. The molecule has 0 heterocycles. The molecule has 21 N–H and O–H groups in total. The van der Waals surface area contributed by atoms with Crippen LogP contribution in [0.1, 0.15) is 94.5 Å². The van der Waals surface area contributed by atoms with Gasteiger partial charge in [0.15, 0.2) is 17.7 Å². The van der Waals surface area contributed by atoms with Crippen LogP contribution in [0.4, 0.5) is 11.4 Å². The Balaban J connectivity index is 0.0000252. The van der Waals surface area contributed by atoms with Crippen LogP contribution < -0.4 is 66.3 Å². The van der Waals surface area contributed by atoms with E-state index >= 15 is 0 Å². The number of rotatable bonds is 32. The molecule has 6 atom stereocenters. The van der Waals surface area contributed by atoms with Gasteiger partial charge in [-0.2, -0.15) is 0 Å². The molecule has 0 spiro atoms. The van der Waals surface area contributed by atoms with E-state index < -0.39 is 107 Å². The summed E-state index contributed by atoms with van der Waals surface area (Å²) in [5.74, 6) is -8.01. The predicted molar refractivity (Wildman–Crippen MR) is 264 cm³/mol. The number of amides is 6. The molecule has 394 valence electrons. The number of nitrogens with one attached hydrogen (secondary N) is 6. The average molecular weight is 1000 g/mol. The maximum absolute atomic E-state index is 14.2. The van der Waals surface area contributed by atoms with Crippen LogP contribution in [-0.4, -0.2) is 136 Å². The van der Waals surface area contributed by atoms with Crippen molar-refractivity contribution in [2.45, 2.75) is 121 Å². The largest absolute Gasteiger partial charge is 0.502 e. The Labute approximate surface area is 410 Å². The van der Waals surface area contributed by atoms with E-state index in [1.807, 2.05) is 6.92 Å². The number of aliphatic carboxylic acids is 1. The lowest BCUT2D eigenvalue weighted by molar-refractivity contribution is -0.385. The first kappa shape index (κ1) is 61.2. The van der Waals surface area contributed by atoms with Crippen LogP contribution in [0.2, 0.25) is 0 Å². The van der Waals surface area contributed by atoms with Crippen LogP contribution in [0.3, 0.4) is 0 Å². The third-order valence-electron chi connectivity index (χ3n) is 10.5. The molecule has 0 saturated heterocycles. The van der Waals surface area contributed by atoms with Crippen LogP contribution in [-0.2, 0) is 35.2 Å². The lowest BCUT2D eigenvalue weighted by Crippen LogP contribution is -2.60. The van der Waals surface area contributed by atoms with Crippen molar-refractivity contribution in [3.63, 3.8) is 0 Å². The Morgan fingerprint density at radius 3 is 1.56 bits per heavy atom. The van der Waals surface area contributed by atoms with Crippen LogP contribution in [0.15, 0.2) is 52.4 Å². The van der Waals surface area contributed by atoms with E-state index in [4.69, 9.17) is 34.4 Å². The molecule has 0 aliphatic heterocycles. The molecule has 0 fully saturated rings. The molecule has 2 rings (SSSR count). The van der Waals surface area contributed by atoms with E-state index in [0.717, 1.165) is 12.1 Å². The van der Waals surface area contributed by atoms with Gasteiger partial charge in [-0.3, -0.25) is 48.9 Å². The molecule has 0 aliphatic carbocycles. The molecule has 2 aromatic rings. The predicted octanol–water partition coefficient (Wildman–Crippen LogP) is -2.21. The lowest BCUT2D eigenvalue weighted by Gasteiger charge is -2.27. The van der Waals surface area contributed by atoms with Crippen molar-refractivity contribution < 1.29 is 53.8 Å². The maximum Gasteiger partial charge on any atom is 0.326 e. The van der Waals surface area contributed by atoms with Crippen molar-refractivity contribution in [2.75, 3.05) is 32.0 Å². The number of aromatic hydroxyl groups is 1. The summed E-state index contributed by atoms with van der Waals surface area (Å²) in [6.07, 6.45) is 1.70. The first-order valence-electron chi connectivity index (χ1n) is 22.5. The van der Waals surface area contributed by atoms with Gasteiger partial charge in [-0.25, -0.2) is 4.79 Å². The summed E-state index contributed by atoms with van der Waals surface area (Å²) in [5, 5.41) is 56.2. The highest BCUT2D eigenvalue weighted by atomic mass is 16.6. The number of phenolic OH excluding ortho intramolecular Hbond substituents is 1. The van der Waals surface area contributed by atoms with Crippen LogP contribution >= 0.6 is 0 Å². The zero-order valence-corrected chi connectivity index (χ0v) is 38.9. The minimum absolute atomic E-state index is 0. The Morgan fingerprint density at radius 2 is 1.11 bits per heavy atom. The Bertz CT molecular complexity index is 2170. The van der Waals surface area contributed by atoms with Crippen LogP contribution in [0.5, 0.6) is 5.75 Å². The van der Waals surface area contributed by atoms with Gasteiger partial charge in [-0.05, 0) is 81.7 Å². The SMILES string of the molecule is C.CCCCC(NC(=O)c1ccccc1N)C(=O)NC(CCCCN)C(=O)NC(CCCN=C(N)N)C(=O)NC(CCCN=C(N)N)C(=O)NC(CO)C(=O)NC(Cc1ccc(O)c([N+](=O)[O-])c1)C(=O)O. The number of aliphatic hydroxyl groups is 1. The molecule has 0 radical (unpaired) electrons. The van der Waals surface area contributed by atoms with Crippen molar-refractivity contribution in [1.29, 1.82) is 0 Å².